The van der Waals surface area contributed by atoms with Crippen molar-refractivity contribution in [2.45, 2.75) is 44.1 Å². The van der Waals surface area contributed by atoms with Crippen LogP contribution in [0.1, 0.15) is 38.5 Å². The molecule has 0 radical (unpaired) electrons. The molecule has 74 valence electrons. The molecule has 1 aliphatic heterocycles. The van der Waals surface area contributed by atoms with Crippen molar-refractivity contribution in [3.63, 3.8) is 0 Å². The second-order valence-electron chi connectivity index (χ2n) is 4.24. The topological polar surface area (TPSA) is 40.5 Å². The average Bonchev–Trinajstić information content (AvgIpc) is 2.07. The van der Waals surface area contributed by atoms with Gasteiger partial charge in [0.2, 0.25) is 5.91 Å². The second kappa shape index (κ2) is 3.29. The number of carbonyl (C=O) groups excluding carboxylic acids is 1. The SMILES string of the molecule is O=C1CCCCN1C1(CO)CCC1. The van der Waals surface area contributed by atoms with Crippen molar-refractivity contribution < 1.29 is 9.90 Å². The van der Waals surface area contributed by atoms with Crippen LogP contribution in [0, 0.1) is 0 Å². The molecule has 1 saturated heterocycles. The Morgan fingerprint density at radius 3 is 2.54 bits per heavy atom. The van der Waals surface area contributed by atoms with Crippen LogP contribution in [0.15, 0.2) is 0 Å². The van der Waals surface area contributed by atoms with Crippen molar-refractivity contribution >= 4 is 5.91 Å². The van der Waals surface area contributed by atoms with Crippen molar-refractivity contribution in [1.29, 1.82) is 0 Å². The number of rotatable bonds is 2. The van der Waals surface area contributed by atoms with Crippen molar-refractivity contribution in [3.8, 4) is 0 Å². The van der Waals surface area contributed by atoms with E-state index in [-0.39, 0.29) is 18.1 Å². The smallest absolute Gasteiger partial charge is 0.223 e. The van der Waals surface area contributed by atoms with Crippen LogP contribution in [-0.2, 0) is 4.79 Å². The van der Waals surface area contributed by atoms with Crippen LogP contribution in [0.4, 0.5) is 0 Å². The van der Waals surface area contributed by atoms with Crippen LogP contribution in [0.5, 0.6) is 0 Å². The van der Waals surface area contributed by atoms with Crippen molar-refractivity contribution in [1.82, 2.24) is 4.90 Å². The highest BCUT2D eigenvalue weighted by molar-refractivity contribution is 5.77. The molecule has 0 bridgehead atoms. The molecule has 2 fully saturated rings. The highest BCUT2D eigenvalue weighted by atomic mass is 16.3. The second-order valence-corrected chi connectivity index (χ2v) is 4.24. The molecule has 3 heteroatoms. The Bertz CT molecular complexity index is 205. The van der Waals surface area contributed by atoms with E-state index in [1.807, 2.05) is 4.90 Å². The van der Waals surface area contributed by atoms with Crippen LogP contribution in [-0.4, -0.2) is 34.6 Å². The number of likely N-dealkylation sites (tertiary alicyclic amines) is 1. The van der Waals surface area contributed by atoms with Gasteiger partial charge in [-0.3, -0.25) is 4.79 Å². The third-order valence-electron chi connectivity index (χ3n) is 3.47. The predicted molar refractivity (Wildman–Crippen MR) is 49.2 cm³/mol. The summed E-state index contributed by atoms with van der Waals surface area (Å²) in [5.41, 5.74) is -0.155. The molecule has 1 aliphatic carbocycles. The number of hydrogen-bond donors (Lipinski definition) is 1. The molecule has 0 aromatic heterocycles. The molecule has 1 N–H and O–H groups in total. The van der Waals surface area contributed by atoms with E-state index in [1.165, 1.54) is 0 Å². The lowest BCUT2D eigenvalue weighted by Gasteiger charge is -2.50. The van der Waals surface area contributed by atoms with Gasteiger partial charge >= 0.3 is 0 Å². The number of nitrogens with zero attached hydrogens (tertiary/aromatic N) is 1. The zero-order valence-electron chi connectivity index (χ0n) is 7.96. The summed E-state index contributed by atoms with van der Waals surface area (Å²) in [6.45, 7) is 1.01. The summed E-state index contributed by atoms with van der Waals surface area (Å²) in [6, 6.07) is 0. The van der Waals surface area contributed by atoms with E-state index in [2.05, 4.69) is 0 Å². The first-order chi connectivity index (χ1) is 6.28. The third-order valence-corrected chi connectivity index (χ3v) is 3.47. The first-order valence-corrected chi connectivity index (χ1v) is 5.20. The Labute approximate surface area is 78.7 Å². The Balaban J connectivity index is 2.08. The van der Waals surface area contributed by atoms with Gasteiger partial charge in [-0.25, -0.2) is 0 Å². The van der Waals surface area contributed by atoms with E-state index >= 15 is 0 Å². The fourth-order valence-corrected chi connectivity index (χ4v) is 2.41. The first-order valence-electron chi connectivity index (χ1n) is 5.20. The lowest BCUT2D eigenvalue weighted by molar-refractivity contribution is -0.147. The Hall–Kier alpha value is -0.570. The van der Waals surface area contributed by atoms with Crippen LogP contribution in [0.3, 0.4) is 0 Å². The van der Waals surface area contributed by atoms with Gasteiger partial charge in [-0.15, -0.1) is 0 Å². The van der Waals surface area contributed by atoms with E-state index < -0.39 is 0 Å². The summed E-state index contributed by atoms with van der Waals surface area (Å²) in [5.74, 6) is 0.250. The molecule has 0 aromatic carbocycles. The van der Waals surface area contributed by atoms with Gasteiger partial charge in [-0.2, -0.15) is 0 Å². The van der Waals surface area contributed by atoms with E-state index in [9.17, 15) is 9.90 Å². The van der Waals surface area contributed by atoms with Crippen LogP contribution >= 0.6 is 0 Å². The van der Waals surface area contributed by atoms with E-state index in [1.54, 1.807) is 0 Å². The predicted octanol–water partition coefficient (Wildman–Crippen LogP) is 0.914. The Kier molecular flexibility index (Phi) is 2.28. The van der Waals surface area contributed by atoms with Gasteiger partial charge in [0, 0.05) is 13.0 Å². The van der Waals surface area contributed by atoms with Crippen LogP contribution in [0.2, 0.25) is 0 Å². The minimum Gasteiger partial charge on any atom is -0.394 e. The molecule has 0 unspecified atom stereocenters. The fraction of sp³-hybridized carbons (Fsp3) is 0.900. The number of piperidine rings is 1. The maximum atomic E-state index is 11.6. The van der Waals surface area contributed by atoms with Crippen LogP contribution in [0.25, 0.3) is 0 Å². The van der Waals surface area contributed by atoms with Gasteiger partial charge in [0.15, 0.2) is 0 Å². The lowest BCUT2D eigenvalue weighted by Crippen LogP contribution is -2.59. The molecule has 2 rings (SSSR count). The molecule has 1 saturated carbocycles. The van der Waals surface area contributed by atoms with E-state index in [0.717, 1.165) is 38.6 Å². The molecule has 0 atom stereocenters. The lowest BCUT2D eigenvalue weighted by atomic mass is 9.75. The molecular formula is C10H17NO2. The Morgan fingerprint density at radius 1 is 1.31 bits per heavy atom. The van der Waals surface area contributed by atoms with Gasteiger partial charge in [0.05, 0.1) is 12.1 Å². The van der Waals surface area contributed by atoms with Crippen molar-refractivity contribution in [3.05, 3.63) is 0 Å². The summed E-state index contributed by atoms with van der Waals surface area (Å²) < 4.78 is 0. The highest BCUT2D eigenvalue weighted by Crippen LogP contribution is 2.39. The molecular weight excluding hydrogens is 166 g/mol. The monoisotopic (exact) mass is 183 g/mol. The average molecular weight is 183 g/mol. The van der Waals surface area contributed by atoms with Gasteiger partial charge in [0.25, 0.3) is 0 Å². The molecule has 2 aliphatic rings. The number of amides is 1. The minimum absolute atomic E-state index is 0.152. The fourth-order valence-electron chi connectivity index (χ4n) is 2.41. The zero-order chi connectivity index (χ0) is 9.31. The summed E-state index contributed by atoms with van der Waals surface area (Å²) in [6.07, 6.45) is 5.96. The van der Waals surface area contributed by atoms with Gasteiger partial charge in [-0.05, 0) is 32.1 Å². The van der Waals surface area contributed by atoms with Gasteiger partial charge in [-0.1, -0.05) is 0 Å². The van der Waals surface area contributed by atoms with Crippen molar-refractivity contribution in [2.24, 2.45) is 0 Å². The summed E-state index contributed by atoms with van der Waals surface area (Å²) in [5, 5.41) is 9.31. The van der Waals surface area contributed by atoms with Gasteiger partial charge < -0.3 is 10.0 Å². The highest BCUT2D eigenvalue weighted by Gasteiger charge is 2.44. The first kappa shape index (κ1) is 9.00. The standard InChI is InChI=1S/C10H17NO2/c12-8-10(5-3-6-10)11-7-2-1-4-9(11)13/h12H,1-8H2. The van der Waals surface area contributed by atoms with Crippen molar-refractivity contribution in [2.75, 3.05) is 13.2 Å². The summed E-state index contributed by atoms with van der Waals surface area (Å²) in [4.78, 5) is 13.5. The molecule has 3 nitrogen and oxygen atoms in total. The quantitative estimate of drug-likeness (QED) is 0.691. The molecule has 1 heterocycles. The zero-order valence-corrected chi connectivity index (χ0v) is 7.96. The maximum absolute atomic E-state index is 11.6. The number of aliphatic hydroxyl groups is 1. The number of aliphatic hydroxyl groups excluding tert-OH is 1. The number of hydrogen-bond acceptors (Lipinski definition) is 2. The molecule has 0 aromatic rings. The normalized spacial score (nSPS) is 27.2. The van der Waals surface area contributed by atoms with E-state index in [0.29, 0.717) is 6.42 Å². The largest absolute Gasteiger partial charge is 0.394 e. The Morgan fingerprint density at radius 2 is 2.08 bits per heavy atom. The third kappa shape index (κ3) is 1.35. The minimum atomic E-state index is -0.155. The molecule has 13 heavy (non-hydrogen) atoms. The number of carbonyl (C=O) groups is 1. The molecule has 0 spiro atoms. The maximum Gasteiger partial charge on any atom is 0.223 e. The van der Waals surface area contributed by atoms with E-state index in [4.69, 9.17) is 0 Å². The summed E-state index contributed by atoms with van der Waals surface area (Å²) in [7, 11) is 0. The van der Waals surface area contributed by atoms with Gasteiger partial charge in [0.1, 0.15) is 0 Å². The molecule has 1 amide bonds. The van der Waals surface area contributed by atoms with Crippen LogP contribution < -0.4 is 0 Å². The summed E-state index contributed by atoms with van der Waals surface area (Å²) >= 11 is 0.